The van der Waals surface area contributed by atoms with Gasteiger partial charge in [-0.05, 0) is 13.0 Å². The Balaban J connectivity index is 2.17. The van der Waals surface area contributed by atoms with Gasteiger partial charge in [-0.25, -0.2) is 0 Å². The summed E-state index contributed by atoms with van der Waals surface area (Å²) < 4.78 is 0. The average molecular weight is 115 g/mol. The lowest BCUT2D eigenvalue weighted by Crippen LogP contribution is -2.37. The van der Waals surface area contributed by atoms with Crippen LogP contribution in [0.1, 0.15) is 6.42 Å². The molecule has 4 N–H and O–H groups in total. The minimum absolute atomic E-state index is 0.213. The van der Waals surface area contributed by atoms with E-state index in [1.54, 1.807) is 0 Å². The highest BCUT2D eigenvalue weighted by atomic mass is 15.1. The van der Waals surface area contributed by atoms with Crippen molar-refractivity contribution in [2.45, 2.75) is 12.6 Å². The highest BCUT2D eigenvalue weighted by Gasteiger charge is 2.02. The molecule has 3 nitrogen and oxygen atoms in total. The molecule has 0 aliphatic carbocycles. The third-order valence-corrected chi connectivity index (χ3v) is 1.34. The maximum atomic E-state index is 5.58. The summed E-state index contributed by atoms with van der Waals surface area (Å²) in [4.78, 5) is 0. The average Bonchev–Trinajstić information content (AvgIpc) is 1.94. The minimum atomic E-state index is 0.213. The van der Waals surface area contributed by atoms with Crippen LogP contribution in [0, 0.1) is 0 Å². The van der Waals surface area contributed by atoms with Crippen LogP contribution in [0.3, 0.4) is 0 Å². The number of nitrogens with two attached hydrogens (primary N) is 1. The monoisotopic (exact) mass is 115 g/mol. The van der Waals surface area contributed by atoms with Crippen molar-refractivity contribution in [1.29, 1.82) is 0 Å². The second-order valence-electron chi connectivity index (χ2n) is 2.10. The Labute approximate surface area is 49.6 Å². The van der Waals surface area contributed by atoms with Crippen LogP contribution in [0.15, 0.2) is 0 Å². The Morgan fingerprint density at radius 2 is 2.12 bits per heavy atom. The third-order valence-electron chi connectivity index (χ3n) is 1.34. The van der Waals surface area contributed by atoms with E-state index in [2.05, 4.69) is 10.6 Å². The Kier molecular flexibility index (Phi) is 2.27. The molecule has 3 heteroatoms. The smallest absolute Gasteiger partial charge is 0.0558 e. The van der Waals surface area contributed by atoms with Crippen LogP contribution in [0.5, 0.6) is 0 Å². The highest BCUT2D eigenvalue weighted by Crippen LogP contribution is 1.83. The summed E-state index contributed by atoms with van der Waals surface area (Å²) in [5.74, 6) is 0. The quantitative estimate of drug-likeness (QED) is 0.374. The summed E-state index contributed by atoms with van der Waals surface area (Å²) in [6, 6.07) is 0. The van der Waals surface area contributed by atoms with E-state index < -0.39 is 0 Å². The maximum Gasteiger partial charge on any atom is 0.0558 e. The van der Waals surface area contributed by atoms with Crippen LogP contribution < -0.4 is 16.4 Å². The van der Waals surface area contributed by atoms with Crippen LogP contribution in [-0.4, -0.2) is 25.8 Å². The van der Waals surface area contributed by atoms with E-state index in [4.69, 9.17) is 5.73 Å². The first-order valence-electron chi connectivity index (χ1n) is 3.09. The van der Waals surface area contributed by atoms with Gasteiger partial charge < -0.3 is 16.4 Å². The molecule has 1 aliphatic heterocycles. The molecular formula is C5H13N3. The van der Waals surface area contributed by atoms with E-state index in [1.807, 2.05) is 0 Å². The van der Waals surface area contributed by atoms with Crippen molar-refractivity contribution in [3.05, 3.63) is 0 Å². The topological polar surface area (TPSA) is 50.1 Å². The first-order chi connectivity index (χ1) is 3.89. The van der Waals surface area contributed by atoms with Gasteiger partial charge in [-0.2, -0.15) is 0 Å². The van der Waals surface area contributed by atoms with E-state index in [1.165, 1.54) is 0 Å². The van der Waals surface area contributed by atoms with Crippen LogP contribution in [0.4, 0.5) is 0 Å². The number of nitrogens with one attached hydrogen (secondary N) is 2. The van der Waals surface area contributed by atoms with Crippen molar-refractivity contribution in [2.24, 2.45) is 5.73 Å². The lowest BCUT2D eigenvalue weighted by Gasteiger charge is -2.05. The molecule has 1 heterocycles. The molecule has 0 amide bonds. The Morgan fingerprint density at radius 3 is 3.00 bits per heavy atom. The third kappa shape index (κ3) is 1.78. The molecule has 0 spiro atoms. The molecule has 0 saturated carbocycles. The first kappa shape index (κ1) is 6.01. The summed E-state index contributed by atoms with van der Waals surface area (Å²) in [6.07, 6.45) is 1.25. The predicted octanol–water partition coefficient (Wildman–Crippen LogP) is -1.15. The van der Waals surface area contributed by atoms with Gasteiger partial charge >= 0.3 is 0 Å². The molecule has 0 radical (unpaired) electrons. The molecule has 48 valence electrons. The van der Waals surface area contributed by atoms with Crippen LogP contribution >= 0.6 is 0 Å². The fourth-order valence-corrected chi connectivity index (χ4v) is 0.831. The van der Waals surface area contributed by atoms with E-state index in [0.29, 0.717) is 0 Å². The fraction of sp³-hybridized carbons (Fsp3) is 1.00. The van der Waals surface area contributed by atoms with Crippen molar-refractivity contribution in [3.8, 4) is 0 Å². The molecule has 0 bridgehead atoms. The van der Waals surface area contributed by atoms with Gasteiger partial charge in [0.05, 0.1) is 6.17 Å². The van der Waals surface area contributed by atoms with Crippen molar-refractivity contribution in [3.63, 3.8) is 0 Å². The second-order valence-corrected chi connectivity index (χ2v) is 2.10. The maximum absolute atomic E-state index is 5.58. The van der Waals surface area contributed by atoms with Crippen LogP contribution in [0.25, 0.3) is 0 Å². The lowest BCUT2D eigenvalue weighted by atomic mass is 10.3. The minimum Gasteiger partial charge on any atom is -0.316 e. The molecule has 1 atom stereocenters. The molecule has 8 heavy (non-hydrogen) atoms. The van der Waals surface area contributed by atoms with Gasteiger partial charge in [0, 0.05) is 13.1 Å². The zero-order valence-corrected chi connectivity index (χ0v) is 4.98. The predicted molar refractivity (Wildman–Crippen MR) is 33.5 cm³/mol. The molecule has 1 fully saturated rings. The van der Waals surface area contributed by atoms with E-state index in [-0.39, 0.29) is 6.17 Å². The van der Waals surface area contributed by atoms with Crippen molar-refractivity contribution < 1.29 is 0 Å². The SMILES string of the molecule is NC1CCNCCN1. The summed E-state index contributed by atoms with van der Waals surface area (Å²) >= 11 is 0. The zero-order chi connectivity index (χ0) is 5.82. The molecular weight excluding hydrogens is 102 g/mol. The highest BCUT2D eigenvalue weighted by molar-refractivity contribution is 4.65. The number of rotatable bonds is 0. The summed E-state index contributed by atoms with van der Waals surface area (Å²) in [6.45, 7) is 3.10. The second kappa shape index (κ2) is 3.02. The van der Waals surface area contributed by atoms with E-state index >= 15 is 0 Å². The zero-order valence-electron chi connectivity index (χ0n) is 4.98. The number of hydrogen-bond acceptors (Lipinski definition) is 3. The lowest BCUT2D eigenvalue weighted by molar-refractivity contribution is 0.542. The fourth-order valence-electron chi connectivity index (χ4n) is 0.831. The van der Waals surface area contributed by atoms with Gasteiger partial charge in [0.2, 0.25) is 0 Å². The van der Waals surface area contributed by atoms with Crippen molar-refractivity contribution in [1.82, 2.24) is 10.6 Å². The van der Waals surface area contributed by atoms with E-state index in [0.717, 1.165) is 26.1 Å². The van der Waals surface area contributed by atoms with Crippen molar-refractivity contribution >= 4 is 0 Å². The van der Waals surface area contributed by atoms with Gasteiger partial charge in [0.15, 0.2) is 0 Å². The van der Waals surface area contributed by atoms with E-state index in [9.17, 15) is 0 Å². The molecule has 0 aromatic carbocycles. The summed E-state index contributed by atoms with van der Waals surface area (Å²) in [7, 11) is 0. The van der Waals surface area contributed by atoms with Crippen molar-refractivity contribution in [2.75, 3.05) is 19.6 Å². The van der Waals surface area contributed by atoms with Gasteiger partial charge in [-0.3, -0.25) is 0 Å². The normalized spacial score (nSPS) is 31.9. The Hall–Kier alpha value is -0.120. The molecule has 1 aliphatic rings. The molecule has 0 aromatic heterocycles. The largest absolute Gasteiger partial charge is 0.316 e. The van der Waals surface area contributed by atoms with Crippen LogP contribution in [-0.2, 0) is 0 Å². The first-order valence-corrected chi connectivity index (χ1v) is 3.09. The number of hydrogen-bond donors (Lipinski definition) is 3. The standard InChI is InChI=1S/C5H13N3/c6-5-1-2-7-3-4-8-5/h5,7-8H,1-4,6H2. The Bertz CT molecular complexity index is 56.7. The summed E-state index contributed by atoms with van der Waals surface area (Å²) in [5, 5.41) is 6.39. The molecule has 1 unspecified atom stereocenters. The van der Waals surface area contributed by atoms with Gasteiger partial charge in [0.1, 0.15) is 0 Å². The Morgan fingerprint density at radius 1 is 1.25 bits per heavy atom. The van der Waals surface area contributed by atoms with Gasteiger partial charge in [-0.15, -0.1) is 0 Å². The molecule has 1 rings (SSSR count). The van der Waals surface area contributed by atoms with Gasteiger partial charge in [-0.1, -0.05) is 0 Å². The molecule has 1 saturated heterocycles. The van der Waals surface area contributed by atoms with Crippen LogP contribution in [0.2, 0.25) is 0 Å². The molecule has 0 aromatic rings. The van der Waals surface area contributed by atoms with Gasteiger partial charge in [0.25, 0.3) is 0 Å². The summed E-state index contributed by atoms with van der Waals surface area (Å²) in [5.41, 5.74) is 5.58.